The number of aliphatic imine (C=N–C) groups is 2. The van der Waals surface area contributed by atoms with Crippen LogP contribution in [0.15, 0.2) is 94.9 Å². The van der Waals surface area contributed by atoms with Crippen molar-refractivity contribution in [3.8, 4) is 56.8 Å². The van der Waals surface area contributed by atoms with E-state index in [0.29, 0.717) is 45.3 Å². The number of fused-ring (bicyclic) bond motifs is 4. The highest BCUT2D eigenvalue weighted by Crippen LogP contribution is 2.57. The third kappa shape index (κ3) is 10.7. The number of benzene rings is 6. The van der Waals surface area contributed by atoms with Crippen LogP contribution < -0.4 is 9.47 Å². The van der Waals surface area contributed by atoms with Crippen LogP contribution in [0.25, 0.3) is 22.3 Å². The summed E-state index contributed by atoms with van der Waals surface area (Å²) in [4.78, 5) is 37.4. The molecule has 10 heteroatoms. The number of carbonyl (C=O) groups excluding carboxylic acids is 2. The Bertz CT molecular complexity index is 3300. The van der Waals surface area contributed by atoms with Crippen molar-refractivity contribution in [3.63, 3.8) is 0 Å². The summed E-state index contributed by atoms with van der Waals surface area (Å²) in [6.07, 6.45) is 7.10. The molecule has 2 atom stereocenters. The van der Waals surface area contributed by atoms with E-state index in [1.54, 1.807) is 24.6 Å². The van der Waals surface area contributed by atoms with Crippen molar-refractivity contribution in [2.75, 3.05) is 14.2 Å². The number of methoxy groups -OCH3 is 2. The summed E-state index contributed by atoms with van der Waals surface area (Å²) in [6, 6.07) is 27.7. The largest absolute Gasteiger partial charge is 0.507 e. The standard InChI is InChI=1S/C70H82N2O8/c1-65(2,3)43-29-47(59-51(33-43)69(13,14)53-35-45(67(7,8)9)31-49(61(53)79-59)63(75)77-17)39-23-25-57(73)41(27-39)37-71-55-21-19-20-22-56(55)72-38-42-28-40(24-26-58(42)74)48-30-44(66(4,5)6)34-52-60(48)80-62-50(64(76)78-18)32-46(68(10,11)12)36-54(62)70(52,15)16/h23-38,55-56,73-74H,19-22H2,1-18H3/t55-,56-/m1/s1. The monoisotopic (exact) mass is 1080 g/mol. The van der Waals surface area contributed by atoms with E-state index >= 15 is 0 Å². The number of carbonyl (C=O) groups is 2. The van der Waals surface area contributed by atoms with Crippen LogP contribution >= 0.6 is 0 Å². The first kappa shape index (κ1) is 57.5. The second kappa shape index (κ2) is 20.4. The molecule has 2 heterocycles. The molecule has 9 rings (SSSR count). The third-order valence-corrected chi connectivity index (χ3v) is 16.9. The molecule has 3 aliphatic rings. The number of rotatable bonds is 8. The van der Waals surface area contributed by atoms with Crippen LogP contribution in [0.2, 0.25) is 0 Å². The summed E-state index contributed by atoms with van der Waals surface area (Å²) in [7, 11) is 2.80. The zero-order chi connectivity index (χ0) is 58.4. The van der Waals surface area contributed by atoms with Gasteiger partial charge in [0.25, 0.3) is 0 Å². The van der Waals surface area contributed by atoms with E-state index in [1.807, 2.05) is 36.4 Å². The van der Waals surface area contributed by atoms with Gasteiger partial charge in [0.05, 0.1) is 26.3 Å². The maximum absolute atomic E-state index is 13.5. The highest BCUT2D eigenvalue weighted by atomic mass is 16.5. The van der Waals surface area contributed by atoms with Gasteiger partial charge in [-0.2, -0.15) is 0 Å². The number of hydrogen-bond donors (Lipinski definition) is 2. The van der Waals surface area contributed by atoms with Crippen molar-refractivity contribution in [2.45, 2.75) is 181 Å². The number of aromatic hydroxyl groups is 2. The van der Waals surface area contributed by atoms with Crippen LogP contribution in [0.3, 0.4) is 0 Å². The Labute approximate surface area is 474 Å². The lowest BCUT2D eigenvalue weighted by Crippen LogP contribution is -2.28. The molecule has 2 N–H and O–H groups in total. The normalized spacial score (nSPS) is 17.7. The molecule has 420 valence electrons. The number of hydrogen-bond acceptors (Lipinski definition) is 10. The Hall–Kier alpha value is -7.20. The molecular weight excluding hydrogens is 997 g/mol. The lowest BCUT2D eigenvalue weighted by atomic mass is 9.70. The van der Waals surface area contributed by atoms with Crippen LogP contribution in [-0.4, -0.2) is 60.9 Å². The highest BCUT2D eigenvalue weighted by molar-refractivity contribution is 5.96. The van der Waals surface area contributed by atoms with Crippen LogP contribution in [-0.2, 0) is 42.0 Å². The van der Waals surface area contributed by atoms with Crippen molar-refractivity contribution in [1.29, 1.82) is 0 Å². The van der Waals surface area contributed by atoms with Gasteiger partial charge < -0.3 is 29.2 Å². The van der Waals surface area contributed by atoms with Crippen LogP contribution in [0.4, 0.5) is 0 Å². The van der Waals surface area contributed by atoms with Crippen molar-refractivity contribution in [3.05, 3.63) is 152 Å². The second-order valence-electron chi connectivity index (χ2n) is 27.6. The molecule has 2 aliphatic heterocycles. The first-order chi connectivity index (χ1) is 37.2. The fourth-order valence-corrected chi connectivity index (χ4v) is 11.4. The first-order valence-corrected chi connectivity index (χ1v) is 28.3. The molecule has 0 unspecified atom stereocenters. The van der Waals surface area contributed by atoms with Crippen LogP contribution in [0.5, 0.6) is 34.5 Å². The lowest BCUT2D eigenvalue weighted by Gasteiger charge is -2.39. The average Bonchev–Trinajstić information content (AvgIpc) is 3.14. The van der Waals surface area contributed by atoms with Crippen molar-refractivity contribution < 1.29 is 38.7 Å². The molecule has 80 heavy (non-hydrogen) atoms. The van der Waals surface area contributed by atoms with Gasteiger partial charge in [-0.05, 0) is 116 Å². The zero-order valence-electron chi connectivity index (χ0n) is 50.5. The van der Waals surface area contributed by atoms with Gasteiger partial charge in [0.2, 0.25) is 0 Å². The zero-order valence-corrected chi connectivity index (χ0v) is 50.5. The van der Waals surface area contributed by atoms with Gasteiger partial charge >= 0.3 is 11.9 Å². The van der Waals surface area contributed by atoms with E-state index in [1.165, 1.54) is 14.2 Å². The number of phenolic OH excluding ortho intramolecular Hbond substituents is 2. The number of esters is 2. The van der Waals surface area contributed by atoms with E-state index in [0.717, 1.165) is 92.4 Å². The molecule has 0 spiro atoms. The van der Waals surface area contributed by atoms with Crippen molar-refractivity contribution in [1.82, 2.24) is 0 Å². The minimum atomic E-state index is -0.567. The van der Waals surface area contributed by atoms with Gasteiger partial charge in [0.15, 0.2) is 0 Å². The van der Waals surface area contributed by atoms with E-state index in [2.05, 4.69) is 147 Å². The molecule has 10 nitrogen and oxygen atoms in total. The minimum absolute atomic E-state index is 0.0926. The summed E-state index contributed by atoms with van der Waals surface area (Å²) in [5, 5.41) is 22.9. The molecule has 0 amide bonds. The SMILES string of the molecule is COC(=O)c1cc(C(C)(C)C)cc2c1Oc1c(-c3ccc(O)c(C=N[C@@H]4CCCC[C@H]4N=Cc4cc(-c5cc(C(C)(C)C)cc6c5Oc5c(C(=O)OC)cc(C(C)(C)C)cc5C6(C)C)ccc4O)c3)cc(C(C)(C)C)cc1C2(C)C. The Morgan fingerprint density at radius 1 is 0.487 bits per heavy atom. The van der Waals surface area contributed by atoms with Crippen molar-refractivity contribution >= 4 is 24.4 Å². The number of phenols is 2. The van der Waals surface area contributed by atoms with E-state index < -0.39 is 22.8 Å². The van der Waals surface area contributed by atoms with Gasteiger partial charge in [-0.15, -0.1) is 0 Å². The van der Waals surface area contributed by atoms with Gasteiger partial charge in [0, 0.05) is 67.8 Å². The van der Waals surface area contributed by atoms with Gasteiger partial charge in [-0.3, -0.25) is 9.98 Å². The smallest absolute Gasteiger partial charge is 0.341 e. The molecule has 6 aromatic rings. The lowest BCUT2D eigenvalue weighted by molar-refractivity contribution is 0.0587. The van der Waals surface area contributed by atoms with Gasteiger partial charge in [-0.25, -0.2) is 9.59 Å². The average molecular weight is 1080 g/mol. The molecule has 0 bridgehead atoms. The number of nitrogens with zero attached hydrogens (tertiary/aromatic N) is 2. The molecule has 6 aromatic carbocycles. The summed E-state index contributed by atoms with van der Waals surface area (Å²) in [5.74, 6) is 1.54. The minimum Gasteiger partial charge on any atom is -0.507 e. The first-order valence-electron chi connectivity index (χ1n) is 28.3. The summed E-state index contributed by atoms with van der Waals surface area (Å²) < 4.78 is 24.6. The molecule has 1 saturated carbocycles. The maximum Gasteiger partial charge on any atom is 0.341 e. The summed E-state index contributed by atoms with van der Waals surface area (Å²) >= 11 is 0. The summed E-state index contributed by atoms with van der Waals surface area (Å²) in [6.45, 7) is 34.8. The summed E-state index contributed by atoms with van der Waals surface area (Å²) in [5.41, 5.74) is 11.3. The fraction of sp³-hybridized carbons (Fsp3) is 0.429. The Morgan fingerprint density at radius 3 is 1.11 bits per heavy atom. The van der Waals surface area contributed by atoms with Gasteiger partial charge in [0.1, 0.15) is 45.6 Å². The van der Waals surface area contributed by atoms with Crippen LogP contribution in [0, 0.1) is 0 Å². The predicted octanol–water partition coefficient (Wildman–Crippen LogP) is 16.9. The van der Waals surface area contributed by atoms with E-state index in [9.17, 15) is 19.8 Å². The van der Waals surface area contributed by atoms with E-state index in [-0.39, 0.29) is 45.2 Å². The Balaban J connectivity index is 1.07. The second-order valence-corrected chi connectivity index (χ2v) is 27.6. The van der Waals surface area contributed by atoms with Gasteiger partial charge in [-0.1, -0.05) is 160 Å². The molecule has 0 aromatic heterocycles. The quantitative estimate of drug-likeness (QED) is 0.114. The molecule has 0 saturated heterocycles. The van der Waals surface area contributed by atoms with Crippen molar-refractivity contribution in [2.24, 2.45) is 9.98 Å². The fourth-order valence-electron chi connectivity index (χ4n) is 11.4. The van der Waals surface area contributed by atoms with E-state index in [4.69, 9.17) is 28.9 Å². The third-order valence-electron chi connectivity index (χ3n) is 16.9. The Morgan fingerprint density at radius 2 is 0.800 bits per heavy atom. The highest BCUT2D eigenvalue weighted by Gasteiger charge is 2.43. The molecule has 0 radical (unpaired) electrons. The number of ether oxygens (including phenoxy) is 4. The Kier molecular flexibility index (Phi) is 14.7. The molecule has 1 fully saturated rings. The molecular formula is C70H82N2O8. The maximum atomic E-state index is 13.5. The topological polar surface area (TPSA) is 136 Å². The predicted molar refractivity (Wildman–Crippen MR) is 323 cm³/mol. The van der Waals surface area contributed by atoms with Crippen LogP contribution in [0.1, 0.15) is 213 Å². The molecule has 1 aliphatic carbocycles.